The highest BCUT2D eigenvalue weighted by atomic mass is 35.5. The summed E-state index contributed by atoms with van der Waals surface area (Å²) in [7, 11) is 0. The number of hydrogen-bond acceptors (Lipinski definition) is 3. The molecule has 3 aromatic carbocycles. The molecule has 0 amide bonds. The lowest BCUT2D eigenvalue weighted by Gasteiger charge is -2.30. The second kappa shape index (κ2) is 7.76. The number of pyridine rings is 1. The van der Waals surface area contributed by atoms with Crippen LogP contribution in [-0.4, -0.2) is 11.5 Å². The van der Waals surface area contributed by atoms with E-state index in [1.165, 1.54) is 11.1 Å². The number of hydrogen-bond donors (Lipinski definition) is 0. The lowest BCUT2D eigenvalue weighted by atomic mass is 10.00. The fourth-order valence-corrected chi connectivity index (χ4v) is 3.96. The summed E-state index contributed by atoms with van der Waals surface area (Å²) in [6.07, 6.45) is 1.05. The standard InChI is InChI=1S/C25H21ClN2O/c26-22-11-8-18(9-12-22)17-29-23-7-3-6-20-10-13-24(27-25(20)23)28-15-14-19-4-1-2-5-21(19)16-28/h1-13H,14-17H2. The zero-order chi connectivity index (χ0) is 19.6. The van der Waals surface area contributed by atoms with Gasteiger partial charge in [0.15, 0.2) is 0 Å². The maximum atomic E-state index is 6.12. The molecule has 1 aliphatic heterocycles. The summed E-state index contributed by atoms with van der Waals surface area (Å²) >= 11 is 5.97. The van der Waals surface area contributed by atoms with Crippen molar-refractivity contribution < 1.29 is 4.74 Å². The van der Waals surface area contributed by atoms with Crippen molar-refractivity contribution in [3.05, 3.63) is 101 Å². The second-order valence-electron chi connectivity index (χ2n) is 7.35. The molecule has 0 spiro atoms. The Bertz CT molecular complexity index is 1160. The van der Waals surface area contributed by atoms with Gasteiger partial charge in [-0.05, 0) is 53.4 Å². The van der Waals surface area contributed by atoms with E-state index in [2.05, 4.69) is 47.4 Å². The summed E-state index contributed by atoms with van der Waals surface area (Å²) in [4.78, 5) is 7.32. The van der Waals surface area contributed by atoms with Gasteiger partial charge in [0.1, 0.15) is 23.7 Å². The van der Waals surface area contributed by atoms with Crippen LogP contribution in [0.4, 0.5) is 5.82 Å². The zero-order valence-electron chi connectivity index (χ0n) is 16.0. The first-order valence-electron chi connectivity index (χ1n) is 9.85. The van der Waals surface area contributed by atoms with Crippen LogP contribution in [0, 0.1) is 0 Å². The molecule has 0 aliphatic carbocycles. The number of benzene rings is 3. The average molecular weight is 401 g/mol. The number of aromatic nitrogens is 1. The van der Waals surface area contributed by atoms with E-state index >= 15 is 0 Å². The van der Waals surface area contributed by atoms with E-state index in [1.54, 1.807) is 0 Å². The number of halogens is 1. The Morgan fingerprint density at radius 2 is 1.69 bits per heavy atom. The summed E-state index contributed by atoms with van der Waals surface area (Å²) in [5.41, 5.74) is 4.80. The van der Waals surface area contributed by atoms with Crippen LogP contribution in [0.5, 0.6) is 5.75 Å². The molecule has 0 fully saturated rings. The molecular formula is C25H21ClN2O. The molecule has 0 saturated carbocycles. The molecule has 4 heteroatoms. The molecule has 5 rings (SSSR count). The van der Waals surface area contributed by atoms with Crippen LogP contribution in [0.25, 0.3) is 10.9 Å². The Morgan fingerprint density at radius 1 is 0.862 bits per heavy atom. The summed E-state index contributed by atoms with van der Waals surface area (Å²) in [5.74, 6) is 1.80. The first kappa shape index (κ1) is 18.0. The molecule has 0 N–H and O–H groups in total. The van der Waals surface area contributed by atoms with Gasteiger partial charge in [-0.25, -0.2) is 4.98 Å². The Kier molecular flexibility index (Phi) is 4.82. The first-order valence-corrected chi connectivity index (χ1v) is 10.2. The van der Waals surface area contributed by atoms with Gasteiger partial charge in [0.05, 0.1) is 0 Å². The van der Waals surface area contributed by atoms with E-state index in [0.29, 0.717) is 6.61 Å². The van der Waals surface area contributed by atoms with E-state index < -0.39 is 0 Å². The normalized spacial score (nSPS) is 13.3. The van der Waals surface area contributed by atoms with Crippen molar-refractivity contribution in [1.82, 2.24) is 4.98 Å². The number of ether oxygens (including phenoxy) is 1. The van der Waals surface area contributed by atoms with Crippen LogP contribution in [0.2, 0.25) is 5.02 Å². The Morgan fingerprint density at radius 3 is 2.55 bits per heavy atom. The van der Waals surface area contributed by atoms with Gasteiger partial charge in [0, 0.05) is 23.5 Å². The highest BCUT2D eigenvalue weighted by Crippen LogP contribution is 2.29. The molecule has 1 aromatic heterocycles. The zero-order valence-corrected chi connectivity index (χ0v) is 16.8. The van der Waals surface area contributed by atoms with E-state index in [4.69, 9.17) is 21.3 Å². The highest BCUT2D eigenvalue weighted by molar-refractivity contribution is 6.30. The van der Waals surface area contributed by atoms with E-state index in [9.17, 15) is 0 Å². The van der Waals surface area contributed by atoms with E-state index in [-0.39, 0.29) is 0 Å². The van der Waals surface area contributed by atoms with Crippen molar-refractivity contribution >= 4 is 28.3 Å². The predicted molar refractivity (Wildman–Crippen MR) is 119 cm³/mol. The van der Waals surface area contributed by atoms with Gasteiger partial charge < -0.3 is 9.64 Å². The molecule has 3 nitrogen and oxygen atoms in total. The fourth-order valence-electron chi connectivity index (χ4n) is 3.84. The van der Waals surface area contributed by atoms with Crippen molar-refractivity contribution in [3.8, 4) is 5.75 Å². The lowest BCUT2D eigenvalue weighted by Crippen LogP contribution is -2.30. The van der Waals surface area contributed by atoms with Crippen molar-refractivity contribution in [3.63, 3.8) is 0 Å². The number of para-hydroxylation sites is 1. The van der Waals surface area contributed by atoms with Crippen LogP contribution in [0.1, 0.15) is 16.7 Å². The predicted octanol–water partition coefficient (Wildman–Crippen LogP) is 6.03. The minimum Gasteiger partial charge on any atom is -0.487 e. The molecule has 2 heterocycles. The average Bonchev–Trinajstić information content (AvgIpc) is 2.78. The quantitative estimate of drug-likeness (QED) is 0.418. The molecule has 4 aromatic rings. The molecule has 0 bridgehead atoms. The van der Waals surface area contributed by atoms with Crippen LogP contribution in [0.15, 0.2) is 78.9 Å². The smallest absolute Gasteiger partial charge is 0.146 e. The fraction of sp³-hybridized carbons (Fsp3) is 0.160. The van der Waals surface area contributed by atoms with Crippen molar-refractivity contribution in [2.75, 3.05) is 11.4 Å². The number of anilines is 1. The van der Waals surface area contributed by atoms with Gasteiger partial charge in [0.25, 0.3) is 0 Å². The Labute approximate surface area is 175 Å². The molecule has 0 radical (unpaired) electrons. The van der Waals surface area contributed by atoms with Gasteiger partial charge in [-0.3, -0.25) is 0 Å². The number of fused-ring (bicyclic) bond motifs is 2. The summed E-state index contributed by atoms with van der Waals surface area (Å²) in [5, 5.41) is 1.81. The van der Waals surface area contributed by atoms with Crippen molar-refractivity contribution in [2.45, 2.75) is 19.6 Å². The summed E-state index contributed by atoms with van der Waals surface area (Å²) < 4.78 is 6.12. The summed E-state index contributed by atoms with van der Waals surface area (Å²) in [6.45, 7) is 2.35. The molecule has 29 heavy (non-hydrogen) atoms. The molecule has 0 saturated heterocycles. The Balaban J connectivity index is 1.42. The minimum absolute atomic E-state index is 0.485. The molecule has 0 atom stereocenters. The maximum Gasteiger partial charge on any atom is 0.146 e. The SMILES string of the molecule is Clc1ccc(COc2cccc3ccc(N4CCc5ccccc5C4)nc23)cc1. The highest BCUT2D eigenvalue weighted by Gasteiger charge is 2.17. The van der Waals surface area contributed by atoms with E-state index in [1.807, 2.05) is 36.4 Å². The van der Waals surface area contributed by atoms with Gasteiger partial charge >= 0.3 is 0 Å². The third kappa shape index (κ3) is 3.79. The first-order chi connectivity index (χ1) is 14.3. The molecule has 0 unspecified atom stereocenters. The Hall–Kier alpha value is -3.04. The topological polar surface area (TPSA) is 25.4 Å². The van der Waals surface area contributed by atoms with Crippen molar-refractivity contribution in [1.29, 1.82) is 0 Å². The summed E-state index contributed by atoms with van der Waals surface area (Å²) in [6, 6.07) is 26.7. The minimum atomic E-state index is 0.485. The van der Waals surface area contributed by atoms with Gasteiger partial charge in [-0.2, -0.15) is 0 Å². The van der Waals surface area contributed by atoms with Gasteiger partial charge in [-0.15, -0.1) is 0 Å². The van der Waals surface area contributed by atoms with Crippen LogP contribution in [0.3, 0.4) is 0 Å². The van der Waals surface area contributed by atoms with Crippen LogP contribution >= 0.6 is 11.6 Å². The second-order valence-corrected chi connectivity index (χ2v) is 7.79. The van der Waals surface area contributed by atoms with Crippen LogP contribution in [-0.2, 0) is 19.6 Å². The maximum absolute atomic E-state index is 6.12. The third-order valence-electron chi connectivity index (χ3n) is 5.43. The number of rotatable bonds is 4. The largest absolute Gasteiger partial charge is 0.487 e. The third-order valence-corrected chi connectivity index (χ3v) is 5.68. The van der Waals surface area contributed by atoms with Crippen LogP contribution < -0.4 is 9.64 Å². The number of nitrogens with zero attached hydrogens (tertiary/aromatic N) is 2. The van der Waals surface area contributed by atoms with E-state index in [0.717, 1.165) is 52.6 Å². The van der Waals surface area contributed by atoms with Gasteiger partial charge in [0.2, 0.25) is 0 Å². The molecular weight excluding hydrogens is 380 g/mol. The lowest BCUT2D eigenvalue weighted by molar-refractivity contribution is 0.309. The molecule has 1 aliphatic rings. The molecule has 144 valence electrons. The van der Waals surface area contributed by atoms with Gasteiger partial charge in [-0.1, -0.05) is 60.1 Å². The monoisotopic (exact) mass is 400 g/mol. The van der Waals surface area contributed by atoms with Crippen molar-refractivity contribution in [2.24, 2.45) is 0 Å².